The van der Waals surface area contributed by atoms with Crippen LogP contribution in [0.15, 0.2) is 72.8 Å². The smallest absolute Gasteiger partial charge is 0.306 e. The predicted octanol–water partition coefficient (Wildman–Crippen LogP) is 9.92. The van der Waals surface area contributed by atoms with Crippen molar-refractivity contribution in [3.63, 3.8) is 0 Å². The average molecular weight is 497 g/mol. The molecule has 4 rings (SSSR count). The van der Waals surface area contributed by atoms with Gasteiger partial charge in [-0.15, -0.1) is 0 Å². The zero-order chi connectivity index (χ0) is 26.0. The molecule has 0 spiro atoms. The number of rotatable bonds is 12. The van der Waals surface area contributed by atoms with Crippen molar-refractivity contribution >= 4 is 5.97 Å². The lowest BCUT2D eigenvalue weighted by Gasteiger charge is -2.29. The molecule has 0 radical (unpaired) electrons. The SMILES string of the molecule is CCCCC[C@H]1CC[C@H](c2ccc(-c3ccccc3-c3ccc(CCCC(C)C(=O)O)cc3)cc2)CC1. The van der Waals surface area contributed by atoms with Crippen molar-refractivity contribution in [2.45, 2.75) is 90.4 Å². The number of carboxylic acids is 1. The van der Waals surface area contributed by atoms with Gasteiger partial charge in [-0.1, -0.05) is 112 Å². The Bertz CT molecular complexity index is 1100. The molecule has 2 heteroatoms. The standard InChI is InChI=1S/C35H44O2/c1-3-4-5-10-27-14-18-29(19-15-27)30-22-24-32(25-23-30)34-13-7-6-12-33(34)31-20-16-28(17-21-31)11-8-9-26(2)35(36)37/h6-7,12-13,16-17,20-27,29H,3-5,8-11,14-15,18-19H2,1-2H3,(H,36,37)/t26?,27-,29-. The summed E-state index contributed by atoms with van der Waals surface area (Å²) in [6, 6.07) is 26.9. The summed E-state index contributed by atoms with van der Waals surface area (Å²) in [6.07, 6.45) is 13.6. The first-order valence-electron chi connectivity index (χ1n) is 14.6. The minimum Gasteiger partial charge on any atom is -0.481 e. The van der Waals surface area contributed by atoms with Crippen molar-refractivity contribution in [2.75, 3.05) is 0 Å². The molecule has 0 saturated heterocycles. The van der Waals surface area contributed by atoms with Crippen LogP contribution < -0.4 is 0 Å². The van der Waals surface area contributed by atoms with Gasteiger partial charge in [-0.05, 0) is 90.2 Å². The fourth-order valence-electron chi connectivity index (χ4n) is 5.98. The van der Waals surface area contributed by atoms with E-state index in [-0.39, 0.29) is 5.92 Å². The molecular formula is C35H44O2. The van der Waals surface area contributed by atoms with Crippen LogP contribution in [-0.4, -0.2) is 11.1 Å². The van der Waals surface area contributed by atoms with Crippen LogP contribution in [0.2, 0.25) is 0 Å². The van der Waals surface area contributed by atoms with Gasteiger partial charge in [-0.25, -0.2) is 0 Å². The van der Waals surface area contributed by atoms with E-state index in [1.165, 1.54) is 84.7 Å². The van der Waals surface area contributed by atoms with Crippen LogP contribution in [0.3, 0.4) is 0 Å². The van der Waals surface area contributed by atoms with Crippen molar-refractivity contribution in [2.24, 2.45) is 11.8 Å². The maximum Gasteiger partial charge on any atom is 0.306 e. The van der Waals surface area contributed by atoms with Gasteiger partial charge in [0.15, 0.2) is 0 Å². The maximum atomic E-state index is 11.0. The molecule has 0 amide bonds. The molecule has 0 bridgehead atoms. The minimum atomic E-state index is -0.704. The predicted molar refractivity (Wildman–Crippen MR) is 156 cm³/mol. The molecule has 1 fully saturated rings. The molecule has 1 unspecified atom stereocenters. The van der Waals surface area contributed by atoms with E-state index in [9.17, 15) is 4.79 Å². The summed E-state index contributed by atoms with van der Waals surface area (Å²) in [7, 11) is 0. The van der Waals surface area contributed by atoms with Crippen molar-refractivity contribution in [3.8, 4) is 22.3 Å². The molecule has 37 heavy (non-hydrogen) atoms. The molecule has 1 aliphatic rings. The number of hydrogen-bond acceptors (Lipinski definition) is 1. The Hall–Kier alpha value is -2.87. The summed E-state index contributed by atoms with van der Waals surface area (Å²) in [4.78, 5) is 11.0. The summed E-state index contributed by atoms with van der Waals surface area (Å²) < 4.78 is 0. The van der Waals surface area contributed by atoms with Gasteiger partial charge in [-0.3, -0.25) is 4.79 Å². The molecule has 0 heterocycles. The van der Waals surface area contributed by atoms with Crippen LogP contribution in [-0.2, 0) is 11.2 Å². The fourth-order valence-corrected chi connectivity index (χ4v) is 5.98. The highest BCUT2D eigenvalue weighted by molar-refractivity contribution is 5.83. The van der Waals surface area contributed by atoms with Gasteiger partial charge in [0.05, 0.1) is 5.92 Å². The van der Waals surface area contributed by atoms with Gasteiger partial charge < -0.3 is 5.11 Å². The van der Waals surface area contributed by atoms with Crippen molar-refractivity contribution in [3.05, 3.63) is 83.9 Å². The Kier molecular flexibility index (Phi) is 9.99. The average Bonchev–Trinajstić information content (AvgIpc) is 2.94. The second-order valence-electron chi connectivity index (χ2n) is 11.2. The first-order chi connectivity index (χ1) is 18.0. The Balaban J connectivity index is 1.39. The van der Waals surface area contributed by atoms with Crippen LogP contribution >= 0.6 is 0 Å². The van der Waals surface area contributed by atoms with E-state index in [1.807, 2.05) is 0 Å². The lowest BCUT2D eigenvalue weighted by atomic mass is 9.77. The summed E-state index contributed by atoms with van der Waals surface area (Å²) in [5, 5.41) is 9.09. The van der Waals surface area contributed by atoms with Gasteiger partial charge in [0.1, 0.15) is 0 Å². The summed E-state index contributed by atoms with van der Waals surface area (Å²) in [6.45, 7) is 4.08. The van der Waals surface area contributed by atoms with Crippen LogP contribution in [0.25, 0.3) is 22.3 Å². The number of carbonyl (C=O) groups is 1. The van der Waals surface area contributed by atoms with Crippen molar-refractivity contribution in [1.29, 1.82) is 0 Å². The van der Waals surface area contributed by atoms with E-state index in [0.717, 1.165) is 31.1 Å². The molecule has 1 N–H and O–H groups in total. The number of hydrogen-bond donors (Lipinski definition) is 1. The number of aliphatic carboxylic acids is 1. The number of carboxylic acid groups (broad SMARTS) is 1. The lowest BCUT2D eigenvalue weighted by molar-refractivity contribution is -0.141. The molecule has 0 aromatic heterocycles. The molecule has 196 valence electrons. The van der Waals surface area contributed by atoms with Gasteiger partial charge >= 0.3 is 5.97 Å². The molecule has 3 aromatic rings. The molecule has 1 saturated carbocycles. The quantitative estimate of drug-likeness (QED) is 0.253. The summed E-state index contributed by atoms with van der Waals surface area (Å²) >= 11 is 0. The van der Waals surface area contributed by atoms with Gasteiger partial charge in [0.2, 0.25) is 0 Å². The van der Waals surface area contributed by atoms with E-state index in [1.54, 1.807) is 6.92 Å². The van der Waals surface area contributed by atoms with Gasteiger partial charge in [0, 0.05) is 0 Å². The highest BCUT2D eigenvalue weighted by Crippen LogP contribution is 2.39. The third kappa shape index (κ3) is 7.57. The third-order valence-corrected chi connectivity index (χ3v) is 8.47. The lowest BCUT2D eigenvalue weighted by Crippen LogP contribution is -2.13. The van der Waals surface area contributed by atoms with E-state index in [4.69, 9.17) is 5.11 Å². The highest BCUT2D eigenvalue weighted by Gasteiger charge is 2.22. The van der Waals surface area contributed by atoms with Crippen LogP contribution in [0.1, 0.15) is 95.1 Å². The second kappa shape index (κ2) is 13.6. The largest absolute Gasteiger partial charge is 0.481 e. The first-order valence-corrected chi connectivity index (χ1v) is 14.6. The fraction of sp³-hybridized carbons (Fsp3) is 0.457. The van der Waals surface area contributed by atoms with E-state index < -0.39 is 5.97 Å². The molecule has 2 nitrogen and oxygen atoms in total. The second-order valence-corrected chi connectivity index (χ2v) is 11.2. The molecular weight excluding hydrogens is 452 g/mol. The van der Waals surface area contributed by atoms with E-state index in [0.29, 0.717) is 0 Å². The Morgan fingerprint density at radius 3 is 1.97 bits per heavy atom. The zero-order valence-corrected chi connectivity index (χ0v) is 22.8. The van der Waals surface area contributed by atoms with E-state index in [2.05, 4.69) is 79.7 Å². The van der Waals surface area contributed by atoms with Gasteiger partial charge in [-0.2, -0.15) is 0 Å². The summed E-state index contributed by atoms with van der Waals surface area (Å²) in [5.41, 5.74) is 7.81. The highest BCUT2D eigenvalue weighted by atomic mass is 16.4. The van der Waals surface area contributed by atoms with Crippen molar-refractivity contribution in [1.82, 2.24) is 0 Å². The van der Waals surface area contributed by atoms with Gasteiger partial charge in [0.25, 0.3) is 0 Å². The summed E-state index contributed by atoms with van der Waals surface area (Å²) in [5.74, 6) is 0.694. The number of unbranched alkanes of at least 4 members (excludes halogenated alkanes) is 2. The Morgan fingerprint density at radius 1 is 0.811 bits per heavy atom. The first kappa shape index (κ1) is 27.2. The number of aryl methyl sites for hydroxylation is 1. The van der Waals surface area contributed by atoms with Crippen LogP contribution in [0.5, 0.6) is 0 Å². The Morgan fingerprint density at radius 2 is 1.41 bits per heavy atom. The van der Waals surface area contributed by atoms with E-state index >= 15 is 0 Å². The van der Waals surface area contributed by atoms with Crippen molar-refractivity contribution < 1.29 is 9.90 Å². The number of benzene rings is 3. The molecule has 3 aromatic carbocycles. The Labute approximate surface area is 224 Å². The maximum absolute atomic E-state index is 11.0. The minimum absolute atomic E-state index is 0.275. The van der Waals surface area contributed by atoms with Crippen LogP contribution in [0, 0.1) is 11.8 Å². The monoisotopic (exact) mass is 496 g/mol. The van der Waals surface area contributed by atoms with Crippen LogP contribution in [0.4, 0.5) is 0 Å². The normalized spacial score (nSPS) is 18.4. The molecule has 1 atom stereocenters. The topological polar surface area (TPSA) is 37.3 Å². The zero-order valence-electron chi connectivity index (χ0n) is 22.8. The third-order valence-electron chi connectivity index (χ3n) is 8.47. The molecule has 1 aliphatic carbocycles. The molecule has 0 aliphatic heterocycles.